The van der Waals surface area contributed by atoms with Gasteiger partial charge in [0.25, 0.3) is 0 Å². The Morgan fingerprint density at radius 2 is 2.28 bits per heavy atom. The Morgan fingerprint density at radius 1 is 1.50 bits per heavy atom. The zero-order valence-corrected chi connectivity index (χ0v) is 13.8. The highest BCUT2D eigenvalue weighted by molar-refractivity contribution is 14.1. The van der Waals surface area contributed by atoms with Crippen LogP contribution in [0.25, 0.3) is 5.69 Å². The van der Waals surface area contributed by atoms with E-state index in [9.17, 15) is 0 Å². The minimum absolute atomic E-state index is 0.230. The predicted molar refractivity (Wildman–Crippen MR) is 86.0 cm³/mol. The number of nitrogens with two attached hydrogens (primary N) is 1. The van der Waals surface area contributed by atoms with Gasteiger partial charge in [0.1, 0.15) is 0 Å². The smallest absolute Gasteiger partial charge is 0.0788 e. The third kappa shape index (κ3) is 3.33. The van der Waals surface area contributed by atoms with Crippen LogP contribution in [-0.2, 0) is 6.42 Å². The molecule has 0 fully saturated rings. The molecule has 0 aliphatic heterocycles. The summed E-state index contributed by atoms with van der Waals surface area (Å²) in [6, 6.07) is 6.54. The lowest BCUT2D eigenvalue weighted by Crippen LogP contribution is -2.21. The van der Waals surface area contributed by atoms with E-state index in [1.54, 1.807) is 0 Å². The Morgan fingerprint density at radius 3 is 2.83 bits per heavy atom. The minimum Gasteiger partial charge on any atom is -0.327 e. The topological polar surface area (TPSA) is 43.8 Å². The molecule has 1 aromatic carbocycles. The number of aromatic nitrogens is 2. The van der Waals surface area contributed by atoms with Crippen molar-refractivity contribution in [3.8, 4) is 5.69 Å². The quantitative estimate of drug-likeness (QED) is 0.770. The summed E-state index contributed by atoms with van der Waals surface area (Å²) in [5.74, 6) is 0. The Balaban J connectivity index is 2.25. The van der Waals surface area contributed by atoms with Crippen molar-refractivity contribution in [3.05, 3.63) is 44.2 Å². The molecule has 18 heavy (non-hydrogen) atoms. The molecule has 1 unspecified atom stereocenters. The molecule has 0 spiro atoms. The highest BCUT2D eigenvalue weighted by Gasteiger charge is 2.07. The molecule has 1 aromatic heterocycles. The monoisotopic (exact) mass is 419 g/mol. The van der Waals surface area contributed by atoms with E-state index in [-0.39, 0.29) is 6.04 Å². The predicted octanol–water partition coefficient (Wildman–Crippen LogP) is 3.52. The first-order valence-corrected chi connectivity index (χ1v) is 7.72. The molecule has 2 N–H and O–H groups in total. The summed E-state index contributed by atoms with van der Waals surface area (Å²) < 4.78 is 4.04. The molecule has 96 valence electrons. The molecule has 0 saturated heterocycles. The summed E-state index contributed by atoms with van der Waals surface area (Å²) in [5.41, 5.74) is 8.27. The lowest BCUT2D eigenvalue weighted by molar-refractivity contribution is 0.646. The van der Waals surface area contributed by atoms with Gasteiger partial charge in [-0.2, -0.15) is 5.10 Å². The van der Waals surface area contributed by atoms with Crippen LogP contribution in [0.15, 0.2) is 35.1 Å². The second-order valence-electron chi connectivity index (χ2n) is 4.26. The first-order valence-electron chi connectivity index (χ1n) is 5.84. The van der Waals surface area contributed by atoms with E-state index in [0.717, 1.165) is 26.6 Å². The molecule has 0 radical (unpaired) electrons. The fraction of sp³-hybridized carbons (Fsp3) is 0.308. The summed E-state index contributed by atoms with van der Waals surface area (Å²) in [4.78, 5) is 0. The maximum absolute atomic E-state index is 5.97. The molecule has 1 heterocycles. The van der Waals surface area contributed by atoms with Gasteiger partial charge in [-0.1, -0.05) is 13.0 Å². The zero-order valence-electron chi connectivity index (χ0n) is 10.1. The number of benzene rings is 1. The van der Waals surface area contributed by atoms with Gasteiger partial charge in [-0.3, -0.25) is 0 Å². The number of rotatable bonds is 4. The Bertz CT molecular complexity index is 539. The first-order chi connectivity index (χ1) is 8.60. The summed E-state index contributed by atoms with van der Waals surface area (Å²) in [5, 5.41) is 4.31. The van der Waals surface area contributed by atoms with Gasteiger partial charge in [0.2, 0.25) is 0 Å². The highest BCUT2D eigenvalue weighted by Crippen LogP contribution is 2.23. The van der Waals surface area contributed by atoms with Gasteiger partial charge in [0.15, 0.2) is 0 Å². The standard InChI is InChI=1S/C13H15BrIN3/c1-2-11(16)5-9-3-4-13(12(14)6-9)18-8-10(15)7-17-18/h3-4,6-8,11H,2,5,16H2,1H3. The van der Waals surface area contributed by atoms with Crippen LogP contribution in [0.1, 0.15) is 18.9 Å². The van der Waals surface area contributed by atoms with Gasteiger partial charge in [-0.05, 0) is 69.1 Å². The molecule has 0 bridgehead atoms. The average Bonchev–Trinajstić information content (AvgIpc) is 2.75. The van der Waals surface area contributed by atoms with Crippen molar-refractivity contribution >= 4 is 38.5 Å². The van der Waals surface area contributed by atoms with E-state index in [2.05, 4.69) is 68.7 Å². The van der Waals surface area contributed by atoms with E-state index in [4.69, 9.17) is 5.73 Å². The van der Waals surface area contributed by atoms with Gasteiger partial charge in [0, 0.05) is 16.7 Å². The molecule has 0 aliphatic rings. The highest BCUT2D eigenvalue weighted by atomic mass is 127. The van der Waals surface area contributed by atoms with Gasteiger partial charge in [0.05, 0.1) is 15.5 Å². The van der Waals surface area contributed by atoms with Crippen LogP contribution in [-0.4, -0.2) is 15.8 Å². The number of nitrogens with zero attached hydrogens (tertiary/aromatic N) is 2. The van der Waals surface area contributed by atoms with E-state index in [1.165, 1.54) is 5.56 Å². The van der Waals surface area contributed by atoms with Crippen LogP contribution < -0.4 is 5.73 Å². The molecule has 1 atom stereocenters. The van der Waals surface area contributed by atoms with Gasteiger partial charge >= 0.3 is 0 Å². The van der Waals surface area contributed by atoms with Crippen LogP contribution in [0, 0.1) is 3.57 Å². The zero-order chi connectivity index (χ0) is 13.1. The fourth-order valence-corrected chi connectivity index (χ4v) is 2.74. The van der Waals surface area contributed by atoms with Gasteiger partial charge in [-0.15, -0.1) is 0 Å². The van der Waals surface area contributed by atoms with Crippen LogP contribution in [0.3, 0.4) is 0 Å². The molecule has 2 aromatic rings. The van der Waals surface area contributed by atoms with Crippen molar-refractivity contribution in [2.75, 3.05) is 0 Å². The van der Waals surface area contributed by atoms with Crippen molar-refractivity contribution in [2.45, 2.75) is 25.8 Å². The summed E-state index contributed by atoms with van der Waals surface area (Å²) in [7, 11) is 0. The SMILES string of the molecule is CCC(N)Cc1ccc(-n2cc(I)cn2)c(Br)c1. The maximum atomic E-state index is 5.97. The molecule has 0 aliphatic carbocycles. The summed E-state index contributed by atoms with van der Waals surface area (Å²) in [6.45, 7) is 2.11. The Kier molecular flexibility index (Phi) is 4.80. The fourth-order valence-electron chi connectivity index (χ4n) is 1.74. The summed E-state index contributed by atoms with van der Waals surface area (Å²) >= 11 is 5.85. The number of hydrogen-bond acceptors (Lipinski definition) is 2. The lowest BCUT2D eigenvalue weighted by atomic mass is 10.0. The first kappa shape index (κ1) is 14.0. The lowest BCUT2D eigenvalue weighted by Gasteiger charge is -2.11. The average molecular weight is 420 g/mol. The van der Waals surface area contributed by atoms with Crippen molar-refractivity contribution in [1.82, 2.24) is 9.78 Å². The number of halogens is 2. The van der Waals surface area contributed by atoms with E-state index in [0.29, 0.717) is 0 Å². The Hall–Kier alpha value is -0.400. The van der Waals surface area contributed by atoms with E-state index in [1.807, 2.05) is 17.1 Å². The molecule has 0 amide bonds. The maximum Gasteiger partial charge on any atom is 0.0788 e. The molecule has 2 rings (SSSR count). The molecule has 5 heteroatoms. The Labute approximate surface area is 129 Å². The summed E-state index contributed by atoms with van der Waals surface area (Å²) in [6.07, 6.45) is 5.74. The second kappa shape index (κ2) is 6.16. The van der Waals surface area contributed by atoms with E-state index >= 15 is 0 Å². The minimum atomic E-state index is 0.230. The molecule has 0 saturated carbocycles. The van der Waals surface area contributed by atoms with Crippen molar-refractivity contribution in [2.24, 2.45) is 5.73 Å². The third-order valence-corrected chi connectivity index (χ3v) is 4.02. The molecular weight excluding hydrogens is 405 g/mol. The van der Waals surface area contributed by atoms with Gasteiger partial charge < -0.3 is 5.73 Å². The number of hydrogen-bond donors (Lipinski definition) is 1. The third-order valence-electron chi connectivity index (χ3n) is 2.83. The normalized spacial score (nSPS) is 12.7. The van der Waals surface area contributed by atoms with E-state index < -0.39 is 0 Å². The van der Waals surface area contributed by atoms with Crippen LogP contribution in [0.2, 0.25) is 0 Å². The van der Waals surface area contributed by atoms with Crippen LogP contribution in [0.4, 0.5) is 0 Å². The largest absolute Gasteiger partial charge is 0.327 e. The van der Waals surface area contributed by atoms with Crippen molar-refractivity contribution < 1.29 is 0 Å². The molecule has 3 nitrogen and oxygen atoms in total. The molecular formula is C13H15BrIN3. The van der Waals surface area contributed by atoms with Gasteiger partial charge in [-0.25, -0.2) is 4.68 Å². The second-order valence-corrected chi connectivity index (χ2v) is 6.36. The van der Waals surface area contributed by atoms with Crippen LogP contribution in [0.5, 0.6) is 0 Å². The van der Waals surface area contributed by atoms with Crippen LogP contribution >= 0.6 is 38.5 Å². The van der Waals surface area contributed by atoms with Crippen molar-refractivity contribution in [3.63, 3.8) is 0 Å². The van der Waals surface area contributed by atoms with Crippen molar-refractivity contribution in [1.29, 1.82) is 0 Å².